The molecule has 5 aliphatic rings. The summed E-state index contributed by atoms with van der Waals surface area (Å²) in [6.07, 6.45) is 8.56. The lowest BCUT2D eigenvalue weighted by Gasteiger charge is -2.60. The Hall–Kier alpha value is -0.700. The summed E-state index contributed by atoms with van der Waals surface area (Å²) in [5.41, 5.74) is 0.690. The maximum atomic E-state index is 13.0. The van der Waals surface area contributed by atoms with E-state index in [4.69, 9.17) is 24.0 Å². The molecule has 35 heavy (non-hydrogen) atoms. The van der Waals surface area contributed by atoms with E-state index >= 15 is 0 Å². The Balaban J connectivity index is 1.05. The third-order valence-corrected chi connectivity index (χ3v) is 10.1. The number of fused-ring (bicyclic) bond motifs is 2. The van der Waals surface area contributed by atoms with Gasteiger partial charge in [0.2, 0.25) is 5.79 Å². The lowest BCUT2D eigenvalue weighted by Crippen LogP contribution is -2.70. The number of ether oxygens (including phenoxy) is 3. The van der Waals surface area contributed by atoms with Gasteiger partial charge >= 0.3 is 0 Å². The van der Waals surface area contributed by atoms with Crippen LogP contribution >= 0.6 is 11.8 Å². The molecular weight excluding hydrogens is 467 g/mol. The molecule has 4 heterocycles. The molecule has 1 aromatic carbocycles. The van der Waals surface area contributed by atoms with E-state index in [2.05, 4.69) is 13.8 Å². The van der Waals surface area contributed by atoms with Crippen LogP contribution in [0.25, 0.3) is 0 Å². The largest absolute Gasteiger partial charge is 0.377 e. The van der Waals surface area contributed by atoms with Crippen LogP contribution in [0.4, 0.5) is 4.39 Å². The van der Waals surface area contributed by atoms with Gasteiger partial charge < -0.3 is 14.2 Å². The Morgan fingerprint density at radius 2 is 1.80 bits per heavy atom. The zero-order chi connectivity index (χ0) is 24.5. The van der Waals surface area contributed by atoms with E-state index < -0.39 is 11.4 Å². The number of hydrogen-bond acceptors (Lipinski definition) is 6. The second-order valence-electron chi connectivity index (χ2n) is 11.2. The number of hydrogen-bond donors (Lipinski definition) is 0. The summed E-state index contributed by atoms with van der Waals surface area (Å²) in [4.78, 5) is 12.2. The minimum Gasteiger partial charge on any atom is -0.377 e. The molecule has 0 amide bonds. The highest BCUT2D eigenvalue weighted by Crippen LogP contribution is 2.61. The van der Waals surface area contributed by atoms with Gasteiger partial charge in [-0.15, -0.1) is 11.8 Å². The third kappa shape index (κ3) is 5.32. The Morgan fingerprint density at radius 1 is 1.00 bits per heavy atom. The van der Waals surface area contributed by atoms with Gasteiger partial charge in [0, 0.05) is 18.9 Å². The first kappa shape index (κ1) is 25.9. The first-order valence-corrected chi connectivity index (χ1v) is 14.6. The molecule has 4 aliphatic heterocycles. The van der Waals surface area contributed by atoms with Crippen LogP contribution in [0.1, 0.15) is 77.7 Å². The fourth-order valence-electron chi connectivity index (χ4n) is 6.69. The summed E-state index contributed by atoms with van der Waals surface area (Å²) in [6, 6.07) is 6.52. The Morgan fingerprint density at radius 3 is 2.63 bits per heavy atom. The zero-order valence-corrected chi connectivity index (χ0v) is 22.2. The van der Waals surface area contributed by atoms with E-state index in [-0.39, 0.29) is 17.5 Å². The number of halogens is 1. The molecule has 0 N–H and O–H groups in total. The van der Waals surface area contributed by atoms with Crippen molar-refractivity contribution in [2.45, 2.75) is 102 Å². The quantitative estimate of drug-likeness (QED) is 0.255. The van der Waals surface area contributed by atoms with Crippen molar-refractivity contribution in [1.29, 1.82) is 0 Å². The van der Waals surface area contributed by atoms with Crippen LogP contribution in [-0.4, -0.2) is 35.5 Å². The minimum absolute atomic E-state index is 0.135. The van der Waals surface area contributed by atoms with Crippen molar-refractivity contribution < 1.29 is 28.4 Å². The SMILES string of the molecule is C[C@H]1[C@H](SCCCCCCOCc2ccc(F)cc2)O[C@@H]2OC3(C)CC[C@H]4[C@H](C)CC[C@@H]1[C@@]24OO3. The predicted octanol–water partition coefficient (Wildman–Crippen LogP) is 6.84. The smallest absolute Gasteiger partial charge is 0.201 e. The van der Waals surface area contributed by atoms with Crippen molar-refractivity contribution in [3.05, 3.63) is 35.6 Å². The van der Waals surface area contributed by atoms with Gasteiger partial charge in [-0.1, -0.05) is 38.8 Å². The summed E-state index contributed by atoms with van der Waals surface area (Å²) in [7, 11) is 0. The number of benzene rings is 1. The maximum absolute atomic E-state index is 13.0. The number of unbranched alkanes of at least 4 members (excludes halogenated alkanes) is 3. The third-order valence-electron chi connectivity index (χ3n) is 8.74. The molecule has 1 aliphatic carbocycles. The van der Waals surface area contributed by atoms with Gasteiger partial charge in [0.05, 0.1) is 6.61 Å². The first-order chi connectivity index (χ1) is 16.9. The number of thioether (sulfide) groups is 1. The lowest BCUT2D eigenvalue weighted by molar-refractivity contribution is -0.568. The normalized spacial score (nSPS) is 40.3. The van der Waals surface area contributed by atoms with Crippen LogP contribution < -0.4 is 0 Å². The summed E-state index contributed by atoms with van der Waals surface area (Å²) < 4.78 is 31.8. The van der Waals surface area contributed by atoms with Gasteiger partial charge in [-0.25, -0.2) is 14.2 Å². The highest BCUT2D eigenvalue weighted by Gasteiger charge is 2.69. The topological polar surface area (TPSA) is 46.2 Å². The monoisotopic (exact) mass is 508 g/mol. The Labute approximate surface area is 213 Å². The van der Waals surface area contributed by atoms with Crippen molar-refractivity contribution in [3.63, 3.8) is 0 Å². The second-order valence-corrected chi connectivity index (χ2v) is 12.4. The van der Waals surface area contributed by atoms with Gasteiger partial charge in [-0.05, 0) is 80.2 Å². The van der Waals surface area contributed by atoms with Crippen LogP contribution in [0.15, 0.2) is 24.3 Å². The molecule has 4 saturated heterocycles. The fraction of sp³-hybridized carbons (Fsp3) is 0.786. The Bertz CT molecular complexity index is 839. The molecule has 0 radical (unpaired) electrons. The lowest BCUT2D eigenvalue weighted by atomic mass is 9.58. The zero-order valence-electron chi connectivity index (χ0n) is 21.4. The standard InChI is InChI=1S/C28H41FO5S/c1-19-8-13-24-20(2)25(31-26-28(24)23(19)14-15-27(3,32-26)33-34-28)35-17-7-5-4-6-16-30-18-21-9-11-22(29)12-10-21/h9-12,19-20,23-26H,4-8,13-18H2,1-3H3/t19-,20-,23+,24+,25+,26-,27?,28-/m1/s1. The van der Waals surface area contributed by atoms with Gasteiger partial charge in [0.15, 0.2) is 11.9 Å². The van der Waals surface area contributed by atoms with Crippen LogP contribution in [0.3, 0.4) is 0 Å². The molecule has 7 heteroatoms. The van der Waals surface area contributed by atoms with Gasteiger partial charge in [-0.3, -0.25) is 0 Å². The molecule has 1 spiro atoms. The second kappa shape index (κ2) is 11.0. The maximum Gasteiger partial charge on any atom is 0.201 e. The van der Waals surface area contributed by atoms with Crippen molar-refractivity contribution in [2.75, 3.05) is 12.4 Å². The first-order valence-electron chi connectivity index (χ1n) is 13.6. The molecule has 1 aromatic rings. The summed E-state index contributed by atoms with van der Waals surface area (Å²) in [5.74, 6) is 2.01. The van der Waals surface area contributed by atoms with Crippen LogP contribution in [0.5, 0.6) is 0 Å². The molecule has 2 bridgehead atoms. The van der Waals surface area contributed by atoms with E-state index in [0.717, 1.165) is 50.0 Å². The van der Waals surface area contributed by atoms with Crippen molar-refractivity contribution >= 4 is 11.8 Å². The van der Waals surface area contributed by atoms with Crippen molar-refractivity contribution in [2.24, 2.45) is 23.7 Å². The van der Waals surface area contributed by atoms with Crippen molar-refractivity contribution in [1.82, 2.24) is 0 Å². The van der Waals surface area contributed by atoms with Crippen molar-refractivity contribution in [3.8, 4) is 0 Å². The van der Waals surface area contributed by atoms with Gasteiger partial charge in [0.1, 0.15) is 11.3 Å². The summed E-state index contributed by atoms with van der Waals surface area (Å²) in [5, 5.41) is 0. The molecule has 0 aromatic heterocycles. The van der Waals surface area contributed by atoms with Gasteiger partial charge in [0.25, 0.3) is 0 Å². The molecule has 1 saturated carbocycles. The van der Waals surface area contributed by atoms with Crippen LogP contribution in [-0.2, 0) is 30.6 Å². The van der Waals surface area contributed by atoms with Crippen LogP contribution in [0.2, 0.25) is 0 Å². The average molecular weight is 509 g/mol. The number of rotatable bonds is 10. The average Bonchev–Trinajstić information content (AvgIpc) is 3.08. The molecule has 8 atom stereocenters. The molecular formula is C28H41FO5S. The van der Waals surface area contributed by atoms with E-state index in [1.807, 2.05) is 18.7 Å². The molecule has 1 unspecified atom stereocenters. The highest BCUT2D eigenvalue weighted by molar-refractivity contribution is 7.99. The molecule has 196 valence electrons. The van der Waals surface area contributed by atoms with Gasteiger partial charge in [-0.2, -0.15) is 0 Å². The molecule has 5 nitrogen and oxygen atoms in total. The van der Waals surface area contributed by atoms with E-state index in [1.165, 1.54) is 31.4 Å². The summed E-state index contributed by atoms with van der Waals surface area (Å²) in [6.45, 7) is 7.98. The Kier molecular flexibility index (Phi) is 8.12. The van der Waals surface area contributed by atoms with E-state index in [0.29, 0.717) is 30.3 Å². The fourth-order valence-corrected chi connectivity index (χ4v) is 7.97. The highest BCUT2D eigenvalue weighted by atomic mass is 32.2. The summed E-state index contributed by atoms with van der Waals surface area (Å²) >= 11 is 1.94. The molecule has 6 rings (SSSR count). The molecule has 5 fully saturated rings. The van der Waals surface area contributed by atoms with E-state index in [1.54, 1.807) is 12.1 Å². The minimum atomic E-state index is -0.702. The van der Waals surface area contributed by atoms with E-state index in [9.17, 15) is 4.39 Å². The predicted molar refractivity (Wildman–Crippen MR) is 134 cm³/mol. The van der Waals surface area contributed by atoms with Crippen LogP contribution in [0, 0.1) is 29.5 Å².